The normalized spacial score (nSPS) is 10.3. The lowest BCUT2D eigenvalue weighted by atomic mass is 10.1. The molecular formula is C15H16BrNO. The molecule has 0 bridgehead atoms. The van der Waals surface area contributed by atoms with Crippen LogP contribution in [0.3, 0.4) is 0 Å². The van der Waals surface area contributed by atoms with E-state index in [0.29, 0.717) is 13.2 Å². The van der Waals surface area contributed by atoms with Crippen LogP contribution in [0.2, 0.25) is 0 Å². The predicted molar refractivity (Wildman–Crippen MR) is 77.7 cm³/mol. The Hall–Kier alpha value is -1.32. The van der Waals surface area contributed by atoms with E-state index in [2.05, 4.69) is 34.1 Å². The van der Waals surface area contributed by atoms with Crippen LogP contribution in [0.15, 0.2) is 53.0 Å². The number of nitrogens with two attached hydrogens (primary N) is 1. The molecule has 0 saturated heterocycles. The molecule has 0 fully saturated rings. The van der Waals surface area contributed by atoms with E-state index >= 15 is 0 Å². The van der Waals surface area contributed by atoms with Crippen LogP contribution in [-0.2, 0) is 13.0 Å². The Kier molecular flexibility index (Phi) is 4.79. The minimum absolute atomic E-state index is 0.575. The van der Waals surface area contributed by atoms with Crippen molar-refractivity contribution in [3.05, 3.63) is 64.1 Å². The number of ether oxygens (including phenoxy) is 1. The van der Waals surface area contributed by atoms with E-state index in [9.17, 15) is 0 Å². The molecule has 0 saturated carbocycles. The number of hydrogen-bond donors (Lipinski definition) is 1. The number of benzene rings is 2. The molecule has 0 unspecified atom stereocenters. The van der Waals surface area contributed by atoms with Gasteiger partial charge in [-0.05, 0) is 52.2 Å². The second-order valence-electron chi connectivity index (χ2n) is 4.08. The molecule has 2 rings (SSSR count). The van der Waals surface area contributed by atoms with Crippen molar-refractivity contribution in [3.8, 4) is 5.75 Å². The first-order valence-electron chi connectivity index (χ1n) is 5.95. The van der Waals surface area contributed by atoms with Gasteiger partial charge in [-0.2, -0.15) is 0 Å². The van der Waals surface area contributed by atoms with E-state index in [1.165, 1.54) is 5.56 Å². The monoisotopic (exact) mass is 305 g/mol. The van der Waals surface area contributed by atoms with E-state index in [0.717, 1.165) is 22.2 Å². The standard InChI is InChI=1S/C15H16BrNO/c16-14-7-6-12(8-9-17)10-15(14)18-11-13-4-2-1-3-5-13/h1-7,10H,8-9,11,17H2. The predicted octanol–water partition coefficient (Wildman–Crippen LogP) is 3.53. The lowest BCUT2D eigenvalue weighted by Gasteiger charge is -2.10. The van der Waals surface area contributed by atoms with Crippen molar-refractivity contribution < 1.29 is 4.74 Å². The van der Waals surface area contributed by atoms with Gasteiger partial charge in [-0.1, -0.05) is 36.4 Å². The molecule has 0 aliphatic heterocycles. The fourth-order valence-corrected chi connectivity index (χ4v) is 2.08. The Morgan fingerprint density at radius 2 is 1.78 bits per heavy atom. The van der Waals surface area contributed by atoms with Crippen LogP contribution < -0.4 is 10.5 Å². The highest BCUT2D eigenvalue weighted by Gasteiger charge is 2.03. The molecule has 0 spiro atoms. The summed E-state index contributed by atoms with van der Waals surface area (Å²) in [5.74, 6) is 0.866. The summed E-state index contributed by atoms with van der Waals surface area (Å²) in [5.41, 5.74) is 7.92. The molecule has 0 heterocycles. The van der Waals surface area contributed by atoms with Gasteiger partial charge in [0.2, 0.25) is 0 Å². The zero-order chi connectivity index (χ0) is 12.8. The summed E-state index contributed by atoms with van der Waals surface area (Å²) in [7, 11) is 0. The van der Waals surface area contributed by atoms with Gasteiger partial charge in [0.25, 0.3) is 0 Å². The third kappa shape index (κ3) is 3.59. The van der Waals surface area contributed by atoms with Crippen molar-refractivity contribution in [2.24, 2.45) is 5.73 Å². The highest BCUT2D eigenvalue weighted by atomic mass is 79.9. The van der Waals surface area contributed by atoms with Gasteiger partial charge in [0.1, 0.15) is 12.4 Å². The Bertz CT molecular complexity index is 499. The highest BCUT2D eigenvalue weighted by molar-refractivity contribution is 9.10. The maximum Gasteiger partial charge on any atom is 0.134 e. The van der Waals surface area contributed by atoms with Gasteiger partial charge in [0.05, 0.1) is 4.47 Å². The van der Waals surface area contributed by atoms with Crippen LogP contribution in [0.5, 0.6) is 5.75 Å². The SMILES string of the molecule is NCCc1ccc(Br)c(OCc2ccccc2)c1. The lowest BCUT2D eigenvalue weighted by Crippen LogP contribution is -2.03. The van der Waals surface area contributed by atoms with Gasteiger partial charge in [-0.15, -0.1) is 0 Å². The summed E-state index contributed by atoms with van der Waals surface area (Å²) in [6.45, 7) is 1.23. The van der Waals surface area contributed by atoms with Crippen molar-refractivity contribution in [2.75, 3.05) is 6.54 Å². The molecule has 2 N–H and O–H groups in total. The zero-order valence-corrected chi connectivity index (χ0v) is 11.7. The van der Waals surface area contributed by atoms with E-state index in [1.54, 1.807) is 0 Å². The summed E-state index contributed by atoms with van der Waals surface area (Å²) in [6.07, 6.45) is 0.870. The molecule has 0 aromatic heterocycles. The largest absolute Gasteiger partial charge is 0.488 e. The minimum Gasteiger partial charge on any atom is -0.488 e. The molecule has 2 aromatic carbocycles. The maximum atomic E-state index is 5.82. The number of hydrogen-bond acceptors (Lipinski definition) is 2. The van der Waals surface area contributed by atoms with Gasteiger partial charge in [0, 0.05) is 0 Å². The molecule has 3 heteroatoms. The quantitative estimate of drug-likeness (QED) is 0.917. The van der Waals surface area contributed by atoms with Gasteiger partial charge in [-0.25, -0.2) is 0 Å². The fraction of sp³-hybridized carbons (Fsp3) is 0.200. The summed E-state index contributed by atoms with van der Waals surface area (Å²) in [4.78, 5) is 0. The molecule has 0 aliphatic carbocycles. The topological polar surface area (TPSA) is 35.2 Å². The molecule has 0 atom stereocenters. The molecule has 18 heavy (non-hydrogen) atoms. The molecule has 0 aliphatic rings. The molecule has 94 valence electrons. The van der Waals surface area contributed by atoms with Crippen LogP contribution in [0.4, 0.5) is 0 Å². The minimum atomic E-state index is 0.575. The Morgan fingerprint density at radius 3 is 2.50 bits per heavy atom. The van der Waals surface area contributed by atoms with Crippen molar-refractivity contribution in [1.82, 2.24) is 0 Å². The average molecular weight is 306 g/mol. The second kappa shape index (κ2) is 6.57. The zero-order valence-electron chi connectivity index (χ0n) is 10.1. The lowest BCUT2D eigenvalue weighted by molar-refractivity contribution is 0.304. The maximum absolute atomic E-state index is 5.82. The van der Waals surface area contributed by atoms with E-state index < -0.39 is 0 Å². The smallest absolute Gasteiger partial charge is 0.134 e. The van der Waals surface area contributed by atoms with Crippen LogP contribution >= 0.6 is 15.9 Å². The second-order valence-corrected chi connectivity index (χ2v) is 4.93. The summed E-state index contributed by atoms with van der Waals surface area (Å²) in [5, 5.41) is 0. The van der Waals surface area contributed by atoms with E-state index in [4.69, 9.17) is 10.5 Å². The first-order chi connectivity index (χ1) is 8.79. The molecule has 2 nitrogen and oxygen atoms in total. The fourth-order valence-electron chi connectivity index (χ4n) is 1.72. The van der Waals surface area contributed by atoms with Crippen LogP contribution in [-0.4, -0.2) is 6.54 Å². The van der Waals surface area contributed by atoms with Crippen LogP contribution in [0.1, 0.15) is 11.1 Å². The van der Waals surface area contributed by atoms with E-state index in [-0.39, 0.29) is 0 Å². The third-order valence-corrected chi connectivity index (χ3v) is 3.32. The van der Waals surface area contributed by atoms with Gasteiger partial charge in [-0.3, -0.25) is 0 Å². The first kappa shape index (κ1) is 13.1. The molecule has 0 radical (unpaired) electrons. The van der Waals surface area contributed by atoms with Crippen molar-refractivity contribution in [1.29, 1.82) is 0 Å². The van der Waals surface area contributed by atoms with Gasteiger partial charge < -0.3 is 10.5 Å². The van der Waals surface area contributed by atoms with Gasteiger partial charge in [0.15, 0.2) is 0 Å². The van der Waals surface area contributed by atoms with Crippen LogP contribution in [0.25, 0.3) is 0 Å². The van der Waals surface area contributed by atoms with Crippen molar-refractivity contribution in [2.45, 2.75) is 13.0 Å². The Morgan fingerprint density at radius 1 is 1.00 bits per heavy atom. The Balaban J connectivity index is 2.06. The average Bonchev–Trinajstić information content (AvgIpc) is 2.41. The summed E-state index contributed by atoms with van der Waals surface area (Å²) in [6, 6.07) is 16.2. The molecule has 2 aromatic rings. The molecular weight excluding hydrogens is 290 g/mol. The highest BCUT2D eigenvalue weighted by Crippen LogP contribution is 2.27. The summed E-state index contributed by atoms with van der Waals surface area (Å²) < 4.78 is 6.79. The van der Waals surface area contributed by atoms with Crippen molar-refractivity contribution in [3.63, 3.8) is 0 Å². The van der Waals surface area contributed by atoms with Gasteiger partial charge >= 0.3 is 0 Å². The molecule has 0 amide bonds. The number of rotatable bonds is 5. The summed E-state index contributed by atoms with van der Waals surface area (Å²) >= 11 is 3.50. The van der Waals surface area contributed by atoms with Crippen molar-refractivity contribution >= 4 is 15.9 Å². The van der Waals surface area contributed by atoms with E-state index in [1.807, 2.05) is 30.3 Å². The third-order valence-electron chi connectivity index (χ3n) is 2.67. The Labute approximate surface area is 116 Å². The number of halogens is 1. The first-order valence-corrected chi connectivity index (χ1v) is 6.74. The van der Waals surface area contributed by atoms with Crippen LogP contribution in [0, 0.1) is 0 Å².